The number of aliphatic hydroxyl groups excluding tert-OH is 1. The molecule has 1 aliphatic rings. The molecule has 6 rings (SSSR count). The number of nitrogens with zero attached hydrogens (tertiary/aromatic N) is 1. The molecule has 257 valence electrons. The molecule has 0 saturated carbocycles. The van der Waals surface area contributed by atoms with Crippen LogP contribution in [0.4, 0.5) is 0 Å². The van der Waals surface area contributed by atoms with Gasteiger partial charge in [0.25, 0.3) is 0 Å². The van der Waals surface area contributed by atoms with Crippen molar-refractivity contribution in [3.05, 3.63) is 83.8 Å². The number of rotatable bonds is 8. The topological polar surface area (TPSA) is 59.4 Å². The molecule has 0 atom stereocenters. The Hall–Kier alpha value is -3.05. The van der Waals surface area contributed by atoms with Crippen LogP contribution in [0.3, 0.4) is 0 Å². The number of pyridine rings is 1. The van der Waals surface area contributed by atoms with E-state index in [0.717, 1.165) is 61.1 Å². The fourth-order valence-electron chi connectivity index (χ4n) is 6.35. The molecule has 4 nitrogen and oxygen atoms in total. The quantitative estimate of drug-likeness (QED) is 0.0960. The number of hydrogen-bond acceptors (Lipinski definition) is 5. The Morgan fingerprint density at radius 3 is 2.25 bits per heavy atom. The summed E-state index contributed by atoms with van der Waals surface area (Å²) in [7, 11) is 0. The second-order valence-electron chi connectivity index (χ2n) is 14.5. The summed E-state index contributed by atoms with van der Waals surface area (Å²) in [5.41, 5.74) is 4.21. The third-order valence-corrected chi connectivity index (χ3v) is 11.8. The minimum atomic E-state index is -0.337. The maximum Gasteiger partial charge on any atom is 0.164 e. The van der Waals surface area contributed by atoms with E-state index in [4.69, 9.17) is 9.72 Å². The van der Waals surface area contributed by atoms with Crippen LogP contribution in [-0.2, 0) is 36.7 Å². The summed E-state index contributed by atoms with van der Waals surface area (Å²) in [5.74, 6) is 1.32. The molecule has 0 spiro atoms. The van der Waals surface area contributed by atoms with Crippen LogP contribution >= 0.6 is 11.3 Å². The number of aromatic nitrogens is 1. The van der Waals surface area contributed by atoms with Crippen LogP contribution < -0.4 is 4.74 Å². The molecule has 0 saturated heterocycles. The van der Waals surface area contributed by atoms with Crippen LogP contribution in [-0.4, -0.2) is 22.5 Å². The number of ketones is 1. The summed E-state index contributed by atoms with van der Waals surface area (Å²) in [6, 6.07) is 21.0. The Bertz CT molecular complexity index is 1960. The van der Waals surface area contributed by atoms with Gasteiger partial charge in [-0.05, 0) is 54.7 Å². The summed E-state index contributed by atoms with van der Waals surface area (Å²) in [5, 5.41) is 15.2. The van der Waals surface area contributed by atoms with Crippen molar-refractivity contribution in [1.29, 1.82) is 0 Å². The molecule has 3 heterocycles. The molecule has 2 aromatic heterocycles. The predicted molar refractivity (Wildman–Crippen MR) is 200 cm³/mol. The first-order valence-electron chi connectivity index (χ1n) is 17.2. The number of carbonyl (C=O) groups is 1. The number of carbonyl (C=O) groups excluding carboxylic acids is 1. The van der Waals surface area contributed by atoms with Gasteiger partial charge in [-0.25, -0.2) is 0 Å². The summed E-state index contributed by atoms with van der Waals surface area (Å²) >= 11 is 1.83. The van der Waals surface area contributed by atoms with Gasteiger partial charge in [0, 0.05) is 75.7 Å². The molecule has 1 N–H and O–H groups in total. The molecule has 5 aromatic rings. The van der Waals surface area contributed by atoms with Crippen LogP contribution in [0.15, 0.2) is 66.6 Å². The van der Waals surface area contributed by atoms with E-state index in [-0.39, 0.29) is 47.9 Å². The van der Waals surface area contributed by atoms with Crippen LogP contribution in [0.1, 0.15) is 99.1 Å². The molecule has 3 aromatic carbocycles. The monoisotopic (exact) mass is 841 g/mol. The van der Waals surface area contributed by atoms with Gasteiger partial charge in [-0.3, -0.25) is 9.78 Å². The number of benzene rings is 3. The van der Waals surface area contributed by atoms with Crippen LogP contribution in [0, 0.1) is 16.9 Å². The molecule has 1 aliphatic heterocycles. The minimum Gasteiger partial charge on any atom is -0.512 e. The van der Waals surface area contributed by atoms with Crippen LogP contribution in [0.25, 0.3) is 42.2 Å². The van der Waals surface area contributed by atoms with Gasteiger partial charge in [0.1, 0.15) is 11.5 Å². The first kappa shape index (κ1) is 37.8. The van der Waals surface area contributed by atoms with Gasteiger partial charge >= 0.3 is 0 Å². The third-order valence-electron chi connectivity index (χ3n) is 10.7. The van der Waals surface area contributed by atoms with E-state index in [2.05, 4.69) is 75.4 Å². The number of aliphatic hydroxyl groups is 1. The van der Waals surface area contributed by atoms with Crippen molar-refractivity contribution in [2.45, 2.75) is 99.8 Å². The molecular formula is C42H50IrNO3S-. The molecule has 48 heavy (non-hydrogen) atoms. The van der Waals surface area contributed by atoms with Crippen molar-refractivity contribution >= 4 is 48.1 Å². The van der Waals surface area contributed by atoms with E-state index in [1.165, 1.54) is 42.8 Å². The molecule has 1 radical (unpaired) electrons. The molecule has 6 heteroatoms. The summed E-state index contributed by atoms with van der Waals surface area (Å²) in [6.45, 7) is 19.7. The Balaban J connectivity index is 0.000000251. The zero-order valence-electron chi connectivity index (χ0n) is 30.0. The fraction of sp³-hybridized carbons (Fsp3) is 0.429. The standard InChI is InChI=1S/C27H22NOS.C15H28O2.Ir/c1-27(2,3)21-15-17(14-16-6-4-5-7-18(16)21)25-26-20(10-12-28-25)24-19-11-13-29-22(19)8-9-23(24)30-26;1-7-14(5,8-2)12(16)11-13(17)15(6,9-3)10-4;/h4-10,12,15H,11,13H2,1-3H3;11,16H,7-10H2,1-6H3;/q-1;;/b;12-11-;. The number of thiophene rings is 1. The van der Waals surface area contributed by atoms with E-state index in [1.807, 2.05) is 59.1 Å². The van der Waals surface area contributed by atoms with Crippen molar-refractivity contribution in [1.82, 2.24) is 4.98 Å². The third kappa shape index (κ3) is 7.13. The first-order chi connectivity index (χ1) is 22.3. The normalized spacial score (nSPS) is 13.6. The second kappa shape index (κ2) is 14.8. The van der Waals surface area contributed by atoms with Crippen molar-refractivity contribution in [2.75, 3.05) is 6.61 Å². The molecule has 0 aliphatic carbocycles. The maximum absolute atomic E-state index is 12.2. The second-order valence-corrected chi connectivity index (χ2v) is 15.5. The average Bonchev–Trinajstić information content (AvgIpc) is 3.71. The Morgan fingerprint density at radius 2 is 1.60 bits per heavy atom. The van der Waals surface area contributed by atoms with Gasteiger partial charge in [0.15, 0.2) is 5.78 Å². The summed E-state index contributed by atoms with van der Waals surface area (Å²) < 4.78 is 8.37. The van der Waals surface area contributed by atoms with Crippen molar-refractivity contribution in [3.63, 3.8) is 0 Å². The van der Waals surface area contributed by atoms with Gasteiger partial charge in [0.05, 0.1) is 6.61 Å². The Morgan fingerprint density at radius 1 is 0.938 bits per heavy atom. The fourth-order valence-corrected chi connectivity index (χ4v) is 7.58. The van der Waals surface area contributed by atoms with Gasteiger partial charge in [-0.1, -0.05) is 91.5 Å². The summed E-state index contributed by atoms with van der Waals surface area (Å²) in [4.78, 5) is 17.0. The van der Waals surface area contributed by atoms with E-state index >= 15 is 0 Å². The molecule has 0 amide bonds. The van der Waals surface area contributed by atoms with Crippen LogP contribution in [0.5, 0.6) is 5.75 Å². The minimum absolute atomic E-state index is 0. The Labute approximate surface area is 304 Å². The van der Waals surface area contributed by atoms with Crippen molar-refractivity contribution < 1.29 is 34.7 Å². The molecule has 0 bridgehead atoms. The number of fused-ring (bicyclic) bond motifs is 6. The number of allylic oxidation sites excluding steroid dienone is 2. The first-order valence-corrected chi connectivity index (χ1v) is 18.0. The van der Waals surface area contributed by atoms with E-state index in [9.17, 15) is 9.90 Å². The SMILES string of the molecule is CC(C)(C)c1cc(-c2nccc3c2sc2ccc4c(c23)CCO4)[c-]c2ccccc12.CCC(C)(CC)C(=O)/C=C(\O)C(C)(CC)CC.[Ir]. The van der Waals surface area contributed by atoms with Crippen molar-refractivity contribution in [3.8, 4) is 17.0 Å². The Kier molecular flexibility index (Phi) is 11.7. The largest absolute Gasteiger partial charge is 0.512 e. The van der Waals surface area contributed by atoms with E-state index in [1.54, 1.807) is 0 Å². The van der Waals surface area contributed by atoms with Crippen molar-refractivity contribution in [2.24, 2.45) is 10.8 Å². The van der Waals surface area contributed by atoms with Crippen LogP contribution in [0.2, 0.25) is 0 Å². The smallest absolute Gasteiger partial charge is 0.164 e. The molecule has 0 unspecified atom stereocenters. The average molecular weight is 841 g/mol. The van der Waals surface area contributed by atoms with Gasteiger partial charge < -0.3 is 9.84 Å². The van der Waals surface area contributed by atoms with E-state index in [0.29, 0.717) is 0 Å². The van der Waals surface area contributed by atoms with E-state index < -0.39 is 0 Å². The zero-order chi connectivity index (χ0) is 34.1. The molecular weight excluding hydrogens is 791 g/mol. The molecule has 0 fully saturated rings. The number of hydrogen-bond donors (Lipinski definition) is 1. The predicted octanol–water partition coefficient (Wildman–Crippen LogP) is 11.9. The van der Waals surface area contributed by atoms with Gasteiger partial charge in [-0.2, -0.15) is 0 Å². The number of ether oxygens (including phenoxy) is 1. The summed E-state index contributed by atoms with van der Waals surface area (Å²) in [6.07, 6.45) is 7.68. The zero-order valence-corrected chi connectivity index (χ0v) is 33.2. The maximum atomic E-state index is 12.2. The van der Waals surface area contributed by atoms with Gasteiger partial charge in [-0.15, -0.1) is 40.5 Å². The van der Waals surface area contributed by atoms with Gasteiger partial charge in [0.2, 0.25) is 0 Å².